The molecule has 0 aliphatic rings. The monoisotopic (exact) mass is 264 g/mol. The average molecular weight is 265 g/mol. The molecule has 0 aliphatic carbocycles. The molecule has 106 valence electrons. The Kier molecular flexibility index (Phi) is 10.6. The minimum Gasteiger partial charge on any atom is -0.330 e. The largest absolute Gasteiger partial charge is 0.330 e. The zero-order valence-corrected chi connectivity index (χ0v) is 13.0. The van der Waals surface area contributed by atoms with Crippen LogP contribution >= 0.6 is 12.4 Å². The van der Waals surface area contributed by atoms with E-state index in [-0.39, 0.29) is 23.4 Å². The first-order valence-electron chi connectivity index (χ1n) is 6.80. The molecule has 0 fully saturated rings. The van der Waals surface area contributed by atoms with Crippen molar-refractivity contribution >= 4 is 12.4 Å². The van der Waals surface area contributed by atoms with E-state index in [4.69, 9.17) is 11.5 Å². The van der Waals surface area contributed by atoms with Gasteiger partial charge in [0.1, 0.15) is 0 Å². The predicted octanol–water partition coefficient (Wildman–Crippen LogP) is 3.86. The fourth-order valence-electron chi connectivity index (χ4n) is 1.74. The average Bonchev–Trinajstić information content (AvgIpc) is 2.14. The summed E-state index contributed by atoms with van der Waals surface area (Å²) in [5.41, 5.74) is 11.8. The van der Waals surface area contributed by atoms with Crippen LogP contribution in [0, 0.1) is 5.41 Å². The summed E-state index contributed by atoms with van der Waals surface area (Å²) in [6, 6.07) is 0. The van der Waals surface area contributed by atoms with Gasteiger partial charge in [0, 0.05) is 5.54 Å². The summed E-state index contributed by atoms with van der Waals surface area (Å²) < 4.78 is 0. The van der Waals surface area contributed by atoms with Crippen LogP contribution in [0.25, 0.3) is 0 Å². The van der Waals surface area contributed by atoms with E-state index in [9.17, 15) is 0 Å². The lowest BCUT2D eigenvalue weighted by atomic mass is 9.72. The molecule has 0 aromatic heterocycles. The molecule has 17 heavy (non-hydrogen) atoms. The van der Waals surface area contributed by atoms with Crippen molar-refractivity contribution in [3.63, 3.8) is 0 Å². The van der Waals surface area contributed by atoms with Crippen LogP contribution < -0.4 is 11.5 Å². The quantitative estimate of drug-likeness (QED) is 0.622. The molecule has 0 saturated carbocycles. The zero-order valence-electron chi connectivity index (χ0n) is 12.2. The van der Waals surface area contributed by atoms with Crippen LogP contribution in [-0.2, 0) is 0 Å². The highest BCUT2D eigenvalue weighted by Gasteiger charge is 2.32. The first-order chi connectivity index (χ1) is 7.31. The highest BCUT2D eigenvalue weighted by atomic mass is 35.5. The molecule has 0 aromatic rings. The van der Waals surface area contributed by atoms with Gasteiger partial charge < -0.3 is 11.5 Å². The molecule has 0 aliphatic heterocycles. The molecule has 0 bridgehead atoms. The third kappa shape index (κ3) is 8.87. The van der Waals surface area contributed by atoms with Crippen molar-refractivity contribution < 1.29 is 0 Å². The van der Waals surface area contributed by atoms with Crippen molar-refractivity contribution in [3.8, 4) is 0 Å². The van der Waals surface area contributed by atoms with Crippen LogP contribution in [0.2, 0.25) is 0 Å². The van der Waals surface area contributed by atoms with E-state index in [1.807, 2.05) is 0 Å². The van der Waals surface area contributed by atoms with Gasteiger partial charge in [-0.2, -0.15) is 0 Å². The van der Waals surface area contributed by atoms with Crippen molar-refractivity contribution in [3.05, 3.63) is 0 Å². The predicted molar refractivity (Wildman–Crippen MR) is 80.7 cm³/mol. The van der Waals surface area contributed by atoms with Gasteiger partial charge in [0.15, 0.2) is 0 Å². The number of nitrogens with two attached hydrogens (primary N) is 2. The van der Waals surface area contributed by atoms with Gasteiger partial charge in [0.25, 0.3) is 0 Å². The van der Waals surface area contributed by atoms with E-state index in [0.29, 0.717) is 0 Å². The highest BCUT2D eigenvalue weighted by molar-refractivity contribution is 5.85. The van der Waals surface area contributed by atoms with Gasteiger partial charge in [0.2, 0.25) is 0 Å². The number of rotatable bonds is 9. The first kappa shape index (κ1) is 19.5. The van der Waals surface area contributed by atoms with Crippen molar-refractivity contribution in [2.75, 3.05) is 6.54 Å². The van der Waals surface area contributed by atoms with Crippen LogP contribution in [0.4, 0.5) is 0 Å². The molecule has 0 aromatic carbocycles. The second-order valence-electron chi connectivity index (χ2n) is 6.27. The topological polar surface area (TPSA) is 52.0 Å². The molecule has 2 nitrogen and oxygen atoms in total. The van der Waals surface area contributed by atoms with E-state index < -0.39 is 0 Å². The van der Waals surface area contributed by atoms with Gasteiger partial charge in [-0.3, -0.25) is 0 Å². The van der Waals surface area contributed by atoms with Gasteiger partial charge in [-0.25, -0.2) is 0 Å². The van der Waals surface area contributed by atoms with Gasteiger partial charge in [0.05, 0.1) is 0 Å². The fraction of sp³-hybridized carbons (Fsp3) is 1.00. The van der Waals surface area contributed by atoms with Crippen LogP contribution in [0.1, 0.15) is 72.6 Å². The van der Waals surface area contributed by atoms with Gasteiger partial charge in [-0.05, 0) is 38.6 Å². The number of hydrogen-bond donors (Lipinski definition) is 2. The zero-order chi connectivity index (χ0) is 12.7. The molecule has 0 saturated heterocycles. The lowest BCUT2D eigenvalue weighted by Crippen LogP contribution is -2.47. The maximum absolute atomic E-state index is 6.18. The van der Waals surface area contributed by atoms with E-state index in [0.717, 1.165) is 6.54 Å². The molecule has 0 rings (SSSR count). The molecule has 0 amide bonds. The number of hydrogen-bond acceptors (Lipinski definition) is 2. The van der Waals surface area contributed by atoms with Crippen molar-refractivity contribution in [2.45, 2.75) is 78.2 Å². The van der Waals surface area contributed by atoms with Crippen molar-refractivity contribution in [1.82, 2.24) is 0 Å². The minimum atomic E-state index is -0.0768. The van der Waals surface area contributed by atoms with Crippen LogP contribution in [-0.4, -0.2) is 12.1 Å². The summed E-state index contributed by atoms with van der Waals surface area (Å²) in [5, 5.41) is 0. The van der Waals surface area contributed by atoms with Gasteiger partial charge >= 0.3 is 0 Å². The Labute approximate surface area is 114 Å². The van der Waals surface area contributed by atoms with E-state index in [1.165, 1.54) is 44.9 Å². The van der Waals surface area contributed by atoms with Crippen molar-refractivity contribution in [2.24, 2.45) is 16.9 Å². The second-order valence-corrected chi connectivity index (χ2v) is 6.27. The Morgan fingerprint density at radius 3 is 1.59 bits per heavy atom. The fourth-order valence-corrected chi connectivity index (χ4v) is 1.74. The Hall–Kier alpha value is 0.210. The summed E-state index contributed by atoms with van der Waals surface area (Å²) in [5.74, 6) is 0. The summed E-state index contributed by atoms with van der Waals surface area (Å²) in [4.78, 5) is 0. The standard InChI is InChI=1S/C14H32N2.ClH/c1-13(2,14(3,4)16)11-9-7-5-6-8-10-12-15;/h5-12,15-16H2,1-4H3;1H. The lowest BCUT2D eigenvalue weighted by molar-refractivity contribution is 0.180. The highest BCUT2D eigenvalue weighted by Crippen LogP contribution is 2.33. The Morgan fingerprint density at radius 2 is 1.18 bits per heavy atom. The number of unbranched alkanes of at least 4 members (excludes halogenated alkanes) is 5. The van der Waals surface area contributed by atoms with E-state index in [2.05, 4.69) is 27.7 Å². The Morgan fingerprint density at radius 1 is 0.765 bits per heavy atom. The normalized spacial score (nSPS) is 12.4. The molecular formula is C14H33ClN2. The molecule has 0 heterocycles. The molecule has 0 atom stereocenters. The molecule has 0 unspecified atom stereocenters. The smallest absolute Gasteiger partial charge is 0.0148 e. The molecule has 0 radical (unpaired) electrons. The molecular weight excluding hydrogens is 232 g/mol. The van der Waals surface area contributed by atoms with Crippen LogP contribution in [0.15, 0.2) is 0 Å². The Bertz CT molecular complexity index is 174. The first-order valence-corrected chi connectivity index (χ1v) is 6.80. The molecule has 4 N–H and O–H groups in total. The SMILES string of the molecule is CC(C)(N)C(C)(C)CCCCCCCCN.Cl. The maximum atomic E-state index is 6.18. The number of halogens is 1. The van der Waals surface area contributed by atoms with E-state index >= 15 is 0 Å². The van der Waals surface area contributed by atoms with Gasteiger partial charge in [-0.1, -0.05) is 46.0 Å². The van der Waals surface area contributed by atoms with Crippen molar-refractivity contribution in [1.29, 1.82) is 0 Å². The third-order valence-corrected chi connectivity index (χ3v) is 4.00. The van der Waals surface area contributed by atoms with E-state index in [1.54, 1.807) is 0 Å². The summed E-state index contributed by atoms with van der Waals surface area (Å²) in [6.07, 6.45) is 9.03. The van der Waals surface area contributed by atoms with Crippen LogP contribution in [0.5, 0.6) is 0 Å². The third-order valence-electron chi connectivity index (χ3n) is 4.00. The summed E-state index contributed by atoms with van der Waals surface area (Å²) in [6.45, 7) is 9.67. The lowest BCUT2D eigenvalue weighted by Gasteiger charge is -2.38. The Balaban J connectivity index is 0. The van der Waals surface area contributed by atoms with Gasteiger partial charge in [-0.15, -0.1) is 12.4 Å². The molecule has 3 heteroatoms. The van der Waals surface area contributed by atoms with Crippen LogP contribution in [0.3, 0.4) is 0 Å². The second kappa shape index (κ2) is 9.18. The summed E-state index contributed by atoms with van der Waals surface area (Å²) >= 11 is 0. The molecule has 0 spiro atoms. The maximum Gasteiger partial charge on any atom is 0.0148 e. The minimum absolute atomic E-state index is 0. The summed E-state index contributed by atoms with van der Waals surface area (Å²) in [7, 11) is 0.